The van der Waals surface area contributed by atoms with E-state index in [0.717, 1.165) is 19.5 Å². The fourth-order valence-corrected chi connectivity index (χ4v) is 1.69. The minimum Gasteiger partial charge on any atom is -0.355 e. The first-order valence-electron chi connectivity index (χ1n) is 6.75. The Labute approximate surface area is 110 Å². The number of benzene rings is 1. The topological polar surface area (TPSA) is 41.1 Å². The molecule has 0 saturated carbocycles. The minimum absolute atomic E-state index is 0.0817. The van der Waals surface area contributed by atoms with Crippen molar-refractivity contribution in [1.82, 2.24) is 10.6 Å². The zero-order chi connectivity index (χ0) is 13.2. The first-order chi connectivity index (χ1) is 8.72. The molecule has 3 heteroatoms. The number of carbonyl (C=O) groups excluding carboxylic acids is 1. The first-order valence-corrected chi connectivity index (χ1v) is 6.75. The molecular weight excluding hydrogens is 224 g/mol. The third kappa shape index (κ3) is 6.40. The quantitative estimate of drug-likeness (QED) is 0.694. The molecule has 0 aliphatic heterocycles. The number of aryl methyl sites for hydroxylation is 1. The summed E-state index contributed by atoms with van der Waals surface area (Å²) in [5.41, 5.74) is 2.46. The average molecular weight is 248 g/mol. The molecule has 3 nitrogen and oxygen atoms in total. The SMILES string of the molecule is CCCCCNC(=O)CNCc1ccc(C)cc1. The maximum absolute atomic E-state index is 11.5. The van der Waals surface area contributed by atoms with E-state index in [4.69, 9.17) is 0 Å². The van der Waals surface area contributed by atoms with Crippen LogP contribution in [0, 0.1) is 6.92 Å². The number of unbranched alkanes of at least 4 members (excludes halogenated alkanes) is 2. The molecule has 1 aromatic rings. The van der Waals surface area contributed by atoms with Crippen molar-refractivity contribution in [1.29, 1.82) is 0 Å². The lowest BCUT2D eigenvalue weighted by atomic mass is 10.1. The summed E-state index contributed by atoms with van der Waals surface area (Å²) >= 11 is 0. The molecular formula is C15H24N2O. The highest BCUT2D eigenvalue weighted by Crippen LogP contribution is 2.02. The molecule has 0 saturated heterocycles. The van der Waals surface area contributed by atoms with Crippen LogP contribution in [0.3, 0.4) is 0 Å². The summed E-state index contributed by atoms with van der Waals surface area (Å²) in [6.45, 7) is 6.15. The molecule has 0 fully saturated rings. The van der Waals surface area contributed by atoms with E-state index in [-0.39, 0.29) is 5.91 Å². The Balaban J connectivity index is 2.10. The molecule has 0 bridgehead atoms. The Bertz CT molecular complexity index is 346. The van der Waals surface area contributed by atoms with E-state index < -0.39 is 0 Å². The van der Waals surface area contributed by atoms with Gasteiger partial charge in [0.1, 0.15) is 0 Å². The van der Waals surface area contributed by atoms with Gasteiger partial charge < -0.3 is 10.6 Å². The van der Waals surface area contributed by atoms with Crippen LogP contribution in [0.4, 0.5) is 0 Å². The van der Waals surface area contributed by atoms with Gasteiger partial charge in [-0.05, 0) is 18.9 Å². The monoisotopic (exact) mass is 248 g/mol. The van der Waals surface area contributed by atoms with Gasteiger partial charge in [0.15, 0.2) is 0 Å². The van der Waals surface area contributed by atoms with Gasteiger partial charge in [0.2, 0.25) is 5.91 Å². The number of nitrogens with one attached hydrogen (secondary N) is 2. The highest BCUT2D eigenvalue weighted by molar-refractivity contribution is 5.77. The zero-order valence-corrected chi connectivity index (χ0v) is 11.5. The van der Waals surface area contributed by atoms with Crippen LogP contribution in [0.25, 0.3) is 0 Å². The van der Waals surface area contributed by atoms with Crippen LogP contribution >= 0.6 is 0 Å². The van der Waals surface area contributed by atoms with Crippen LogP contribution in [-0.2, 0) is 11.3 Å². The summed E-state index contributed by atoms with van der Waals surface area (Å²) in [5.74, 6) is 0.0817. The molecule has 1 rings (SSSR count). The third-order valence-electron chi connectivity index (χ3n) is 2.84. The number of amides is 1. The van der Waals surface area contributed by atoms with Crippen molar-refractivity contribution in [2.75, 3.05) is 13.1 Å². The van der Waals surface area contributed by atoms with Crippen LogP contribution in [0.15, 0.2) is 24.3 Å². The van der Waals surface area contributed by atoms with Crippen molar-refractivity contribution < 1.29 is 4.79 Å². The average Bonchev–Trinajstić information content (AvgIpc) is 2.37. The Morgan fingerprint density at radius 2 is 1.89 bits per heavy atom. The second-order valence-corrected chi connectivity index (χ2v) is 4.65. The minimum atomic E-state index is 0.0817. The summed E-state index contributed by atoms with van der Waals surface area (Å²) in [6, 6.07) is 8.34. The van der Waals surface area contributed by atoms with E-state index in [0.29, 0.717) is 6.54 Å². The van der Waals surface area contributed by atoms with E-state index in [1.165, 1.54) is 24.0 Å². The second kappa shape index (κ2) is 8.70. The molecule has 0 radical (unpaired) electrons. The van der Waals surface area contributed by atoms with Gasteiger partial charge in [-0.25, -0.2) is 0 Å². The standard InChI is InChI=1S/C15H24N2O/c1-3-4-5-10-17-15(18)12-16-11-14-8-6-13(2)7-9-14/h6-9,16H,3-5,10-12H2,1-2H3,(H,17,18). The van der Waals surface area contributed by atoms with E-state index in [1.54, 1.807) is 0 Å². The van der Waals surface area contributed by atoms with Crippen molar-refractivity contribution in [3.63, 3.8) is 0 Å². The van der Waals surface area contributed by atoms with Crippen LogP contribution in [0.1, 0.15) is 37.3 Å². The molecule has 18 heavy (non-hydrogen) atoms. The number of carbonyl (C=O) groups is 1. The van der Waals surface area contributed by atoms with E-state index in [2.05, 4.69) is 48.7 Å². The Hall–Kier alpha value is -1.35. The van der Waals surface area contributed by atoms with Crippen LogP contribution in [0.2, 0.25) is 0 Å². The number of hydrogen-bond acceptors (Lipinski definition) is 2. The van der Waals surface area contributed by atoms with Gasteiger partial charge in [-0.1, -0.05) is 49.6 Å². The van der Waals surface area contributed by atoms with E-state index in [9.17, 15) is 4.79 Å². The fourth-order valence-electron chi connectivity index (χ4n) is 1.69. The summed E-state index contributed by atoms with van der Waals surface area (Å²) < 4.78 is 0. The Morgan fingerprint density at radius 1 is 1.17 bits per heavy atom. The van der Waals surface area contributed by atoms with Crippen molar-refractivity contribution in [2.24, 2.45) is 0 Å². The third-order valence-corrected chi connectivity index (χ3v) is 2.84. The van der Waals surface area contributed by atoms with Gasteiger partial charge in [-0.3, -0.25) is 4.79 Å². The fraction of sp³-hybridized carbons (Fsp3) is 0.533. The molecule has 1 aromatic carbocycles. The van der Waals surface area contributed by atoms with Gasteiger partial charge in [-0.15, -0.1) is 0 Å². The van der Waals surface area contributed by atoms with Crippen molar-refractivity contribution in [3.05, 3.63) is 35.4 Å². The van der Waals surface area contributed by atoms with Gasteiger partial charge in [0.25, 0.3) is 0 Å². The van der Waals surface area contributed by atoms with Crippen LogP contribution < -0.4 is 10.6 Å². The smallest absolute Gasteiger partial charge is 0.233 e. The Kier molecular flexibility index (Phi) is 7.11. The molecule has 0 aliphatic rings. The largest absolute Gasteiger partial charge is 0.355 e. The molecule has 1 amide bonds. The normalized spacial score (nSPS) is 10.3. The molecule has 0 heterocycles. The lowest BCUT2D eigenvalue weighted by Crippen LogP contribution is -2.34. The van der Waals surface area contributed by atoms with Crippen molar-refractivity contribution in [3.8, 4) is 0 Å². The molecule has 100 valence electrons. The first kappa shape index (κ1) is 14.7. The van der Waals surface area contributed by atoms with E-state index in [1.807, 2.05) is 0 Å². The zero-order valence-electron chi connectivity index (χ0n) is 11.5. The van der Waals surface area contributed by atoms with E-state index >= 15 is 0 Å². The lowest BCUT2D eigenvalue weighted by Gasteiger charge is -2.06. The lowest BCUT2D eigenvalue weighted by molar-refractivity contribution is -0.120. The van der Waals surface area contributed by atoms with Crippen LogP contribution in [0.5, 0.6) is 0 Å². The second-order valence-electron chi connectivity index (χ2n) is 4.65. The van der Waals surface area contributed by atoms with Gasteiger partial charge in [0.05, 0.1) is 6.54 Å². The molecule has 0 atom stereocenters. The maximum atomic E-state index is 11.5. The molecule has 0 spiro atoms. The summed E-state index contributed by atoms with van der Waals surface area (Å²) in [6.07, 6.45) is 3.43. The molecule has 2 N–H and O–H groups in total. The van der Waals surface area contributed by atoms with Gasteiger partial charge in [-0.2, -0.15) is 0 Å². The molecule has 0 aromatic heterocycles. The van der Waals surface area contributed by atoms with Gasteiger partial charge >= 0.3 is 0 Å². The number of rotatable bonds is 8. The number of hydrogen-bond donors (Lipinski definition) is 2. The maximum Gasteiger partial charge on any atom is 0.233 e. The van der Waals surface area contributed by atoms with Crippen molar-refractivity contribution >= 4 is 5.91 Å². The Morgan fingerprint density at radius 3 is 2.56 bits per heavy atom. The highest BCUT2D eigenvalue weighted by Gasteiger charge is 1.99. The molecule has 0 unspecified atom stereocenters. The predicted octanol–water partition coefficient (Wildman–Crippen LogP) is 2.39. The summed E-state index contributed by atoms with van der Waals surface area (Å²) in [5, 5.41) is 6.06. The van der Waals surface area contributed by atoms with Gasteiger partial charge in [0, 0.05) is 13.1 Å². The van der Waals surface area contributed by atoms with Crippen molar-refractivity contribution in [2.45, 2.75) is 39.7 Å². The highest BCUT2D eigenvalue weighted by atomic mass is 16.1. The predicted molar refractivity (Wildman–Crippen MR) is 75.4 cm³/mol. The summed E-state index contributed by atoms with van der Waals surface area (Å²) in [7, 11) is 0. The molecule has 0 aliphatic carbocycles. The summed E-state index contributed by atoms with van der Waals surface area (Å²) in [4.78, 5) is 11.5. The van der Waals surface area contributed by atoms with Crippen LogP contribution in [-0.4, -0.2) is 19.0 Å².